The van der Waals surface area contributed by atoms with Gasteiger partial charge in [-0.3, -0.25) is 4.90 Å². The van der Waals surface area contributed by atoms with E-state index in [0.29, 0.717) is 12.3 Å². The third kappa shape index (κ3) is 5.17. The van der Waals surface area contributed by atoms with Crippen LogP contribution in [0.1, 0.15) is 31.7 Å². The molecule has 0 bridgehead atoms. The lowest BCUT2D eigenvalue weighted by atomic mass is 10.0. The maximum absolute atomic E-state index is 12.6. The van der Waals surface area contributed by atoms with E-state index < -0.39 is 10.0 Å². The lowest BCUT2D eigenvalue weighted by molar-refractivity contribution is 0.0376. The van der Waals surface area contributed by atoms with Crippen LogP contribution in [-0.2, 0) is 14.8 Å². The van der Waals surface area contributed by atoms with Crippen molar-refractivity contribution in [1.29, 1.82) is 0 Å². The summed E-state index contributed by atoms with van der Waals surface area (Å²) in [5, 5.41) is 0. The van der Waals surface area contributed by atoms with E-state index in [2.05, 4.69) is 9.62 Å². The van der Waals surface area contributed by atoms with Gasteiger partial charge < -0.3 is 9.47 Å². The second-order valence-corrected chi connectivity index (χ2v) is 8.01. The lowest BCUT2D eigenvalue weighted by Crippen LogP contribution is -2.38. The first-order valence-electron chi connectivity index (χ1n) is 8.41. The van der Waals surface area contributed by atoms with E-state index >= 15 is 0 Å². The maximum Gasteiger partial charge on any atom is 0.244 e. The molecule has 1 aromatic carbocycles. The molecular weight excluding hydrogens is 328 g/mol. The zero-order chi connectivity index (χ0) is 17.6. The number of hydrogen-bond donors (Lipinski definition) is 1. The van der Waals surface area contributed by atoms with E-state index in [9.17, 15) is 8.42 Å². The Labute approximate surface area is 145 Å². The summed E-state index contributed by atoms with van der Waals surface area (Å²) in [7, 11) is -2.09. The highest BCUT2D eigenvalue weighted by Gasteiger charge is 2.20. The summed E-state index contributed by atoms with van der Waals surface area (Å²) in [5.41, 5.74) is 0.976. The lowest BCUT2D eigenvalue weighted by Gasteiger charge is -2.26. The number of nitrogens with zero attached hydrogens (tertiary/aromatic N) is 1. The number of methoxy groups -OCH3 is 1. The van der Waals surface area contributed by atoms with Crippen LogP contribution in [-0.4, -0.2) is 59.8 Å². The van der Waals surface area contributed by atoms with Crippen LogP contribution >= 0.6 is 0 Å². The molecule has 1 aliphatic rings. The Morgan fingerprint density at radius 3 is 2.62 bits per heavy atom. The predicted molar refractivity (Wildman–Crippen MR) is 94.1 cm³/mol. The van der Waals surface area contributed by atoms with Gasteiger partial charge in [-0.1, -0.05) is 19.9 Å². The number of sulfonamides is 1. The Kier molecular flexibility index (Phi) is 7.03. The van der Waals surface area contributed by atoms with E-state index in [1.165, 1.54) is 7.11 Å². The van der Waals surface area contributed by atoms with Crippen molar-refractivity contribution in [1.82, 2.24) is 9.62 Å². The van der Waals surface area contributed by atoms with Gasteiger partial charge in [0.15, 0.2) is 0 Å². The molecule has 0 aliphatic carbocycles. The largest absolute Gasteiger partial charge is 0.495 e. The first kappa shape index (κ1) is 19.2. The highest BCUT2D eigenvalue weighted by Crippen LogP contribution is 2.27. The van der Waals surface area contributed by atoms with Gasteiger partial charge in [0.05, 0.1) is 20.3 Å². The van der Waals surface area contributed by atoms with Gasteiger partial charge in [-0.15, -0.1) is 0 Å². The summed E-state index contributed by atoms with van der Waals surface area (Å²) in [6, 6.07) is 5.33. The highest BCUT2D eigenvalue weighted by molar-refractivity contribution is 7.89. The molecule has 0 amide bonds. The molecule has 24 heavy (non-hydrogen) atoms. The number of ether oxygens (including phenoxy) is 2. The molecule has 1 aliphatic heterocycles. The minimum absolute atomic E-state index is 0.211. The van der Waals surface area contributed by atoms with Crippen molar-refractivity contribution in [2.24, 2.45) is 0 Å². The van der Waals surface area contributed by atoms with Crippen LogP contribution in [0.3, 0.4) is 0 Å². The quantitative estimate of drug-likeness (QED) is 0.720. The SMILES string of the molecule is COc1ccc(C(C)C)cc1S(=O)(=O)NCCCN1CCOCC1. The molecule has 7 heteroatoms. The average Bonchev–Trinajstić information content (AvgIpc) is 2.59. The zero-order valence-electron chi connectivity index (χ0n) is 14.7. The minimum Gasteiger partial charge on any atom is -0.495 e. The Morgan fingerprint density at radius 1 is 1.29 bits per heavy atom. The predicted octanol–water partition coefficient (Wildman–Crippen LogP) is 1.82. The fourth-order valence-electron chi connectivity index (χ4n) is 2.67. The minimum atomic E-state index is -3.58. The fourth-order valence-corrected chi connectivity index (χ4v) is 3.95. The van der Waals surface area contributed by atoms with Crippen LogP contribution in [0.4, 0.5) is 0 Å². The first-order chi connectivity index (χ1) is 11.4. The van der Waals surface area contributed by atoms with Crippen molar-refractivity contribution in [2.45, 2.75) is 31.1 Å². The van der Waals surface area contributed by atoms with Crippen molar-refractivity contribution in [3.63, 3.8) is 0 Å². The molecule has 6 nitrogen and oxygen atoms in total. The number of morpholine rings is 1. The second-order valence-electron chi connectivity index (χ2n) is 6.27. The topological polar surface area (TPSA) is 67.9 Å². The van der Waals surface area contributed by atoms with Gasteiger partial charge in [-0.25, -0.2) is 13.1 Å². The molecule has 0 saturated carbocycles. The maximum atomic E-state index is 12.6. The van der Waals surface area contributed by atoms with Crippen LogP contribution in [0, 0.1) is 0 Å². The van der Waals surface area contributed by atoms with Gasteiger partial charge in [-0.2, -0.15) is 0 Å². The molecule has 1 saturated heterocycles. The summed E-state index contributed by atoms with van der Waals surface area (Å²) in [4.78, 5) is 2.50. The van der Waals surface area contributed by atoms with Gasteiger partial charge in [0.25, 0.3) is 0 Å². The standard InChI is InChI=1S/C17H28N2O4S/c1-14(2)15-5-6-16(22-3)17(13-15)24(20,21)18-7-4-8-19-9-11-23-12-10-19/h5-6,13-14,18H,4,7-12H2,1-3H3. The zero-order valence-corrected chi connectivity index (χ0v) is 15.6. The number of hydrogen-bond acceptors (Lipinski definition) is 5. The van der Waals surface area contributed by atoms with Gasteiger partial charge in [0.2, 0.25) is 10.0 Å². The molecule has 1 heterocycles. The molecule has 1 aromatic rings. The Bertz CT molecular complexity index is 625. The van der Waals surface area contributed by atoms with E-state index in [4.69, 9.17) is 9.47 Å². The molecular formula is C17H28N2O4S. The molecule has 0 unspecified atom stereocenters. The van der Waals surface area contributed by atoms with Crippen molar-refractivity contribution < 1.29 is 17.9 Å². The van der Waals surface area contributed by atoms with Crippen LogP contribution in [0.2, 0.25) is 0 Å². The monoisotopic (exact) mass is 356 g/mol. The Balaban J connectivity index is 1.97. The molecule has 0 spiro atoms. The van der Waals surface area contributed by atoms with Crippen LogP contribution in [0.5, 0.6) is 5.75 Å². The Hall–Kier alpha value is -1.15. The molecule has 0 atom stereocenters. The molecule has 1 fully saturated rings. The molecule has 1 N–H and O–H groups in total. The molecule has 0 radical (unpaired) electrons. The van der Waals surface area contributed by atoms with E-state index in [0.717, 1.165) is 44.8 Å². The highest BCUT2D eigenvalue weighted by atomic mass is 32.2. The average molecular weight is 356 g/mol. The van der Waals surface area contributed by atoms with Crippen molar-refractivity contribution in [2.75, 3.05) is 46.5 Å². The van der Waals surface area contributed by atoms with Crippen LogP contribution in [0.15, 0.2) is 23.1 Å². The summed E-state index contributed by atoms with van der Waals surface area (Å²) < 4.78 is 38.4. The van der Waals surface area contributed by atoms with E-state index in [1.807, 2.05) is 19.9 Å². The van der Waals surface area contributed by atoms with Gasteiger partial charge in [-0.05, 0) is 36.6 Å². The summed E-state index contributed by atoms with van der Waals surface area (Å²) >= 11 is 0. The fraction of sp³-hybridized carbons (Fsp3) is 0.647. The second kappa shape index (κ2) is 8.80. The summed E-state index contributed by atoms with van der Waals surface area (Å²) in [6.07, 6.45) is 0.769. The third-order valence-corrected chi connectivity index (χ3v) is 5.67. The van der Waals surface area contributed by atoms with E-state index in [-0.39, 0.29) is 10.8 Å². The normalized spacial score (nSPS) is 16.5. The third-order valence-electron chi connectivity index (χ3n) is 4.19. The number of nitrogens with one attached hydrogen (secondary N) is 1. The molecule has 0 aromatic heterocycles. The smallest absolute Gasteiger partial charge is 0.244 e. The number of benzene rings is 1. The van der Waals surface area contributed by atoms with Crippen molar-refractivity contribution >= 4 is 10.0 Å². The first-order valence-corrected chi connectivity index (χ1v) is 9.90. The molecule has 136 valence electrons. The Morgan fingerprint density at radius 2 is 2.00 bits per heavy atom. The summed E-state index contributed by atoms with van der Waals surface area (Å²) in [6.45, 7) is 8.69. The van der Waals surface area contributed by atoms with Crippen molar-refractivity contribution in [3.8, 4) is 5.75 Å². The summed E-state index contributed by atoms with van der Waals surface area (Å²) in [5.74, 6) is 0.631. The van der Waals surface area contributed by atoms with Crippen LogP contribution < -0.4 is 9.46 Å². The number of rotatable bonds is 8. The van der Waals surface area contributed by atoms with Gasteiger partial charge in [0, 0.05) is 19.6 Å². The van der Waals surface area contributed by atoms with E-state index in [1.54, 1.807) is 12.1 Å². The molecule has 2 rings (SSSR count). The van der Waals surface area contributed by atoms with Gasteiger partial charge in [0.1, 0.15) is 10.6 Å². The van der Waals surface area contributed by atoms with Gasteiger partial charge >= 0.3 is 0 Å². The van der Waals surface area contributed by atoms with Crippen LogP contribution in [0.25, 0.3) is 0 Å². The van der Waals surface area contributed by atoms with Crippen molar-refractivity contribution in [3.05, 3.63) is 23.8 Å².